The topological polar surface area (TPSA) is 87.5 Å². The van der Waals surface area contributed by atoms with E-state index in [1.165, 1.54) is 0 Å². The van der Waals surface area contributed by atoms with E-state index in [4.69, 9.17) is 5.73 Å². The van der Waals surface area contributed by atoms with Gasteiger partial charge in [-0.3, -0.25) is 14.5 Å². The average molecular weight is 268 g/mol. The molecule has 0 aromatic rings. The van der Waals surface area contributed by atoms with E-state index < -0.39 is 0 Å². The van der Waals surface area contributed by atoms with Crippen molar-refractivity contribution >= 4 is 11.8 Å². The molecule has 2 rings (SSSR count). The number of piperidine rings is 2. The minimum atomic E-state index is -0.283. The van der Waals surface area contributed by atoms with E-state index in [0.29, 0.717) is 6.54 Å². The van der Waals surface area contributed by atoms with Gasteiger partial charge >= 0.3 is 0 Å². The number of carbonyl (C=O) groups is 2. The maximum absolute atomic E-state index is 12.1. The standard InChI is InChI=1S/C13H24N4O2/c14-12(18)9-17-7-4-10(5-8-17)16-13(19)11-3-1-2-6-15-11/h10-11,15H,1-9H2,(H2,14,18)(H,16,19)/t11-/m1/s1. The molecule has 4 N–H and O–H groups in total. The van der Waals surface area contributed by atoms with E-state index >= 15 is 0 Å². The molecule has 2 aliphatic rings. The Morgan fingerprint density at radius 1 is 1.21 bits per heavy atom. The van der Waals surface area contributed by atoms with E-state index in [0.717, 1.165) is 51.7 Å². The van der Waals surface area contributed by atoms with Crippen molar-refractivity contribution in [1.82, 2.24) is 15.5 Å². The first-order valence-corrected chi connectivity index (χ1v) is 7.19. The molecule has 0 bridgehead atoms. The summed E-state index contributed by atoms with van der Waals surface area (Å²) < 4.78 is 0. The molecule has 19 heavy (non-hydrogen) atoms. The van der Waals surface area contributed by atoms with E-state index in [1.54, 1.807) is 0 Å². The first-order chi connectivity index (χ1) is 9.15. The van der Waals surface area contributed by atoms with Crippen LogP contribution in [0.25, 0.3) is 0 Å². The molecule has 1 atom stereocenters. The van der Waals surface area contributed by atoms with Gasteiger partial charge in [0.2, 0.25) is 11.8 Å². The second kappa shape index (κ2) is 6.86. The summed E-state index contributed by atoms with van der Waals surface area (Å²) in [7, 11) is 0. The van der Waals surface area contributed by atoms with Crippen molar-refractivity contribution in [3.8, 4) is 0 Å². The number of hydrogen-bond acceptors (Lipinski definition) is 4. The van der Waals surface area contributed by atoms with Gasteiger partial charge in [0, 0.05) is 19.1 Å². The lowest BCUT2D eigenvalue weighted by Gasteiger charge is -2.33. The Bertz CT molecular complexity index is 321. The summed E-state index contributed by atoms with van der Waals surface area (Å²) >= 11 is 0. The minimum Gasteiger partial charge on any atom is -0.369 e. The summed E-state index contributed by atoms with van der Waals surface area (Å²) in [6.45, 7) is 2.91. The molecule has 0 saturated carbocycles. The summed E-state index contributed by atoms with van der Waals surface area (Å²) in [5, 5.41) is 6.38. The van der Waals surface area contributed by atoms with Crippen LogP contribution in [0.3, 0.4) is 0 Å². The van der Waals surface area contributed by atoms with Crippen LogP contribution < -0.4 is 16.4 Å². The van der Waals surface area contributed by atoms with E-state index in [2.05, 4.69) is 10.6 Å². The third-order valence-electron chi connectivity index (χ3n) is 3.94. The van der Waals surface area contributed by atoms with Crippen LogP contribution in [-0.2, 0) is 9.59 Å². The molecule has 6 heteroatoms. The third-order valence-corrected chi connectivity index (χ3v) is 3.94. The Morgan fingerprint density at radius 3 is 2.53 bits per heavy atom. The Labute approximate surface area is 114 Å². The Morgan fingerprint density at radius 2 is 1.95 bits per heavy atom. The van der Waals surface area contributed by atoms with E-state index in [1.807, 2.05) is 4.90 Å². The van der Waals surface area contributed by atoms with Gasteiger partial charge in [-0.2, -0.15) is 0 Å². The fourth-order valence-corrected chi connectivity index (χ4v) is 2.83. The van der Waals surface area contributed by atoms with Gasteiger partial charge in [-0.25, -0.2) is 0 Å². The maximum Gasteiger partial charge on any atom is 0.237 e. The molecule has 0 unspecified atom stereocenters. The smallest absolute Gasteiger partial charge is 0.237 e. The largest absolute Gasteiger partial charge is 0.369 e. The fourth-order valence-electron chi connectivity index (χ4n) is 2.83. The van der Waals surface area contributed by atoms with Gasteiger partial charge < -0.3 is 16.4 Å². The van der Waals surface area contributed by atoms with Crippen LogP contribution in [0.1, 0.15) is 32.1 Å². The number of carbonyl (C=O) groups excluding carboxylic acids is 2. The summed E-state index contributed by atoms with van der Waals surface area (Å²) in [6.07, 6.45) is 5.02. The van der Waals surface area contributed by atoms with E-state index in [9.17, 15) is 9.59 Å². The van der Waals surface area contributed by atoms with Crippen LogP contribution in [0.2, 0.25) is 0 Å². The zero-order valence-electron chi connectivity index (χ0n) is 11.4. The molecule has 2 aliphatic heterocycles. The number of likely N-dealkylation sites (tertiary alicyclic amines) is 1. The normalized spacial score (nSPS) is 26.0. The molecule has 108 valence electrons. The second-order valence-electron chi connectivity index (χ2n) is 5.53. The fraction of sp³-hybridized carbons (Fsp3) is 0.846. The first-order valence-electron chi connectivity index (χ1n) is 7.19. The highest BCUT2D eigenvalue weighted by atomic mass is 16.2. The van der Waals surface area contributed by atoms with Crippen molar-refractivity contribution in [1.29, 1.82) is 0 Å². The Hall–Kier alpha value is -1.14. The summed E-state index contributed by atoms with van der Waals surface area (Å²) in [6, 6.07) is 0.220. The number of nitrogens with one attached hydrogen (secondary N) is 2. The number of primary amides is 1. The lowest BCUT2D eigenvalue weighted by Crippen LogP contribution is -2.52. The van der Waals surface area contributed by atoms with Crippen LogP contribution in [-0.4, -0.2) is 55.0 Å². The highest BCUT2D eigenvalue weighted by Crippen LogP contribution is 2.12. The molecule has 0 aliphatic carbocycles. The van der Waals surface area contributed by atoms with Crippen molar-refractivity contribution in [2.24, 2.45) is 5.73 Å². The number of amides is 2. The number of rotatable bonds is 4. The van der Waals surface area contributed by atoms with Crippen molar-refractivity contribution in [3.05, 3.63) is 0 Å². The lowest BCUT2D eigenvalue weighted by molar-refractivity contribution is -0.125. The van der Waals surface area contributed by atoms with Gasteiger partial charge in [0.05, 0.1) is 12.6 Å². The van der Waals surface area contributed by atoms with Crippen molar-refractivity contribution in [2.45, 2.75) is 44.2 Å². The van der Waals surface area contributed by atoms with E-state index in [-0.39, 0.29) is 23.9 Å². The van der Waals surface area contributed by atoms with Gasteiger partial charge in [-0.1, -0.05) is 6.42 Å². The predicted molar refractivity (Wildman–Crippen MR) is 72.4 cm³/mol. The number of nitrogens with two attached hydrogens (primary N) is 1. The molecule has 0 radical (unpaired) electrons. The molecule has 2 heterocycles. The molecule has 0 spiro atoms. The molecular weight excluding hydrogens is 244 g/mol. The average Bonchev–Trinajstić information content (AvgIpc) is 2.41. The lowest BCUT2D eigenvalue weighted by atomic mass is 10.0. The van der Waals surface area contributed by atoms with Crippen molar-refractivity contribution < 1.29 is 9.59 Å². The summed E-state index contributed by atoms with van der Waals surface area (Å²) in [5.74, 6) is -0.151. The van der Waals surface area contributed by atoms with Gasteiger partial charge in [0.1, 0.15) is 0 Å². The second-order valence-corrected chi connectivity index (χ2v) is 5.53. The summed E-state index contributed by atoms with van der Waals surface area (Å²) in [4.78, 5) is 24.9. The molecule has 0 aromatic heterocycles. The van der Waals surface area contributed by atoms with Crippen LogP contribution in [0.15, 0.2) is 0 Å². The third kappa shape index (κ3) is 4.47. The number of nitrogens with zero attached hydrogens (tertiary/aromatic N) is 1. The monoisotopic (exact) mass is 268 g/mol. The summed E-state index contributed by atoms with van der Waals surface area (Å²) in [5.41, 5.74) is 5.18. The molecular formula is C13H24N4O2. The molecule has 6 nitrogen and oxygen atoms in total. The van der Waals surface area contributed by atoms with Crippen molar-refractivity contribution in [2.75, 3.05) is 26.2 Å². The minimum absolute atomic E-state index is 0.0163. The maximum atomic E-state index is 12.1. The highest BCUT2D eigenvalue weighted by Gasteiger charge is 2.25. The SMILES string of the molecule is NC(=O)CN1CCC(NC(=O)[C@H]2CCCCN2)CC1. The van der Waals surface area contributed by atoms with Crippen LogP contribution in [0, 0.1) is 0 Å². The van der Waals surface area contributed by atoms with Gasteiger partial charge in [0.15, 0.2) is 0 Å². The van der Waals surface area contributed by atoms with Gasteiger partial charge in [0.25, 0.3) is 0 Å². The molecule has 0 aromatic carbocycles. The number of hydrogen-bond donors (Lipinski definition) is 3. The zero-order valence-corrected chi connectivity index (χ0v) is 11.4. The quantitative estimate of drug-likeness (QED) is 0.622. The Balaban J connectivity index is 1.69. The molecule has 2 fully saturated rings. The van der Waals surface area contributed by atoms with Gasteiger partial charge in [-0.15, -0.1) is 0 Å². The first kappa shape index (κ1) is 14.3. The highest BCUT2D eigenvalue weighted by molar-refractivity contribution is 5.82. The zero-order chi connectivity index (χ0) is 13.7. The van der Waals surface area contributed by atoms with Crippen LogP contribution in [0.5, 0.6) is 0 Å². The molecule has 2 saturated heterocycles. The Kier molecular flexibility index (Phi) is 5.15. The van der Waals surface area contributed by atoms with Crippen molar-refractivity contribution in [3.63, 3.8) is 0 Å². The van der Waals surface area contributed by atoms with Crippen LogP contribution in [0.4, 0.5) is 0 Å². The van der Waals surface area contributed by atoms with Crippen LogP contribution >= 0.6 is 0 Å². The van der Waals surface area contributed by atoms with Gasteiger partial charge in [-0.05, 0) is 32.2 Å². The predicted octanol–water partition coefficient (Wildman–Crippen LogP) is -0.806. The molecule has 2 amide bonds.